The summed E-state index contributed by atoms with van der Waals surface area (Å²) in [6, 6.07) is 7.89. The molecule has 0 unspecified atom stereocenters. The van der Waals surface area contributed by atoms with Crippen molar-refractivity contribution in [1.82, 2.24) is 5.48 Å². The first-order valence-corrected chi connectivity index (χ1v) is 4.71. The molecule has 0 bridgehead atoms. The lowest BCUT2D eigenvalue weighted by molar-refractivity contribution is -0.134. The third kappa shape index (κ3) is 1.13. The molecular formula is C11H13NO2. The molecule has 2 rings (SSSR count). The molecule has 1 aliphatic rings. The van der Waals surface area contributed by atoms with E-state index in [1.807, 2.05) is 31.2 Å². The van der Waals surface area contributed by atoms with Gasteiger partial charge in [0.2, 0.25) is 0 Å². The predicted octanol–water partition coefficient (Wildman–Crippen LogP) is 1.40. The summed E-state index contributed by atoms with van der Waals surface area (Å²) in [4.78, 5) is 11.5. The molecule has 0 saturated carbocycles. The molecule has 14 heavy (non-hydrogen) atoms. The zero-order valence-corrected chi connectivity index (χ0v) is 8.08. The molecule has 3 heteroatoms. The van der Waals surface area contributed by atoms with Crippen LogP contribution in [0.2, 0.25) is 0 Å². The Morgan fingerprint density at radius 3 is 2.93 bits per heavy atom. The molecular weight excluding hydrogens is 178 g/mol. The number of hydrogen-bond donors (Lipinski definition) is 2. The van der Waals surface area contributed by atoms with Gasteiger partial charge >= 0.3 is 0 Å². The summed E-state index contributed by atoms with van der Waals surface area (Å²) in [7, 11) is 0. The number of hydroxylamine groups is 1. The minimum atomic E-state index is -0.564. The fourth-order valence-electron chi connectivity index (χ4n) is 2.16. The number of aryl methyl sites for hydroxylation is 1. The van der Waals surface area contributed by atoms with Crippen molar-refractivity contribution in [3.8, 4) is 0 Å². The maximum Gasteiger partial charge on any atom is 0.253 e. The molecule has 0 saturated heterocycles. The van der Waals surface area contributed by atoms with Crippen LogP contribution in [0.25, 0.3) is 0 Å². The van der Waals surface area contributed by atoms with E-state index in [9.17, 15) is 4.79 Å². The maximum absolute atomic E-state index is 11.5. The summed E-state index contributed by atoms with van der Waals surface area (Å²) in [5, 5.41) is 8.69. The Bertz CT molecular complexity index is 375. The number of fused-ring (bicyclic) bond motifs is 1. The van der Waals surface area contributed by atoms with Gasteiger partial charge in [-0.15, -0.1) is 0 Å². The maximum atomic E-state index is 11.5. The predicted molar refractivity (Wildman–Crippen MR) is 52.0 cm³/mol. The van der Waals surface area contributed by atoms with Gasteiger partial charge in [-0.2, -0.15) is 0 Å². The van der Waals surface area contributed by atoms with Crippen LogP contribution in [0, 0.1) is 0 Å². The Hall–Kier alpha value is -1.35. The average molecular weight is 191 g/mol. The van der Waals surface area contributed by atoms with Crippen molar-refractivity contribution < 1.29 is 10.0 Å². The summed E-state index contributed by atoms with van der Waals surface area (Å²) >= 11 is 0. The van der Waals surface area contributed by atoms with Gasteiger partial charge in [0.05, 0.1) is 5.41 Å². The highest BCUT2D eigenvalue weighted by Gasteiger charge is 2.40. The molecule has 3 nitrogen and oxygen atoms in total. The molecule has 0 spiro atoms. The van der Waals surface area contributed by atoms with Crippen molar-refractivity contribution in [2.24, 2.45) is 0 Å². The van der Waals surface area contributed by atoms with Crippen LogP contribution >= 0.6 is 0 Å². The van der Waals surface area contributed by atoms with E-state index in [1.54, 1.807) is 5.48 Å². The highest BCUT2D eigenvalue weighted by atomic mass is 16.5. The number of benzene rings is 1. The van der Waals surface area contributed by atoms with Gasteiger partial charge in [0.1, 0.15) is 0 Å². The van der Waals surface area contributed by atoms with E-state index in [-0.39, 0.29) is 5.91 Å². The minimum absolute atomic E-state index is 0.317. The molecule has 1 atom stereocenters. The fraction of sp³-hybridized carbons (Fsp3) is 0.364. The molecule has 0 heterocycles. The third-order valence-corrected chi connectivity index (χ3v) is 3.11. The summed E-state index contributed by atoms with van der Waals surface area (Å²) in [5.74, 6) is -0.317. The second kappa shape index (κ2) is 3.10. The van der Waals surface area contributed by atoms with Crippen LogP contribution in [0.5, 0.6) is 0 Å². The van der Waals surface area contributed by atoms with Crippen LogP contribution in [-0.2, 0) is 16.6 Å². The highest BCUT2D eigenvalue weighted by molar-refractivity contribution is 5.88. The van der Waals surface area contributed by atoms with Gasteiger partial charge in [-0.25, -0.2) is 5.48 Å². The van der Waals surface area contributed by atoms with Crippen LogP contribution in [0.1, 0.15) is 24.5 Å². The van der Waals surface area contributed by atoms with Crippen LogP contribution < -0.4 is 5.48 Å². The van der Waals surface area contributed by atoms with Crippen molar-refractivity contribution in [1.29, 1.82) is 0 Å². The normalized spacial score (nSPS) is 24.4. The van der Waals surface area contributed by atoms with E-state index >= 15 is 0 Å². The first-order valence-electron chi connectivity index (χ1n) is 4.71. The molecule has 0 aliphatic heterocycles. The van der Waals surface area contributed by atoms with Gasteiger partial charge in [0.15, 0.2) is 0 Å². The molecule has 1 aromatic carbocycles. The average Bonchev–Trinajstić information content (AvgIpc) is 2.58. The molecule has 2 N–H and O–H groups in total. The van der Waals surface area contributed by atoms with E-state index in [0.29, 0.717) is 0 Å². The summed E-state index contributed by atoms with van der Waals surface area (Å²) in [6.07, 6.45) is 1.67. The second-order valence-electron chi connectivity index (χ2n) is 3.93. The first-order chi connectivity index (χ1) is 6.68. The zero-order valence-electron chi connectivity index (χ0n) is 8.08. The summed E-state index contributed by atoms with van der Waals surface area (Å²) in [6.45, 7) is 1.87. The van der Waals surface area contributed by atoms with Crippen LogP contribution in [0.3, 0.4) is 0 Å². The van der Waals surface area contributed by atoms with E-state index in [1.165, 1.54) is 5.56 Å². The van der Waals surface area contributed by atoms with Crippen molar-refractivity contribution in [3.05, 3.63) is 35.4 Å². The van der Waals surface area contributed by atoms with Crippen LogP contribution in [0.4, 0.5) is 0 Å². The standard InChI is InChI=1S/C11H13NO2/c1-11(10(13)12-14)7-6-8-4-2-3-5-9(8)11/h2-5,14H,6-7H2,1H3,(H,12,13)/t11-/m1/s1. The van der Waals surface area contributed by atoms with Crippen LogP contribution in [0.15, 0.2) is 24.3 Å². The topological polar surface area (TPSA) is 49.3 Å². The van der Waals surface area contributed by atoms with Gasteiger partial charge in [-0.1, -0.05) is 24.3 Å². The molecule has 1 amide bonds. The molecule has 1 aliphatic carbocycles. The molecule has 0 aromatic heterocycles. The van der Waals surface area contributed by atoms with Gasteiger partial charge < -0.3 is 0 Å². The smallest absolute Gasteiger partial charge is 0.253 e. The molecule has 0 fully saturated rings. The fourth-order valence-corrected chi connectivity index (χ4v) is 2.16. The Morgan fingerprint density at radius 1 is 1.50 bits per heavy atom. The molecule has 1 aromatic rings. The quantitative estimate of drug-likeness (QED) is 0.520. The van der Waals surface area contributed by atoms with Crippen molar-refractivity contribution in [2.45, 2.75) is 25.2 Å². The second-order valence-corrected chi connectivity index (χ2v) is 3.93. The Kier molecular flexibility index (Phi) is 2.04. The van der Waals surface area contributed by atoms with E-state index in [0.717, 1.165) is 18.4 Å². The van der Waals surface area contributed by atoms with Crippen LogP contribution in [-0.4, -0.2) is 11.1 Å². The Balaban J connectivity index is 2.47. The lowest BCUT2D eigenvalue weighted by Crippen LogP contribution is -2.39. The third-order valence-electron chi connectivity index (χ3n) is 3.11. The number of rotatable bonds is 1. The first kappa shape index (κ1) is 9.21. The number of carbonyl (C=O) groups is 1. The number of amides is 1. The summed E-state index contributed by atoms with van der Waals surface area (Å²) in [5.41, 5.74) is 3.43. The lowest BCUT2D eigenvalue weighted by atomic mass is 9.83. The number of carbonyl (C=O) groups excluding carboxylic acids is 1. The highest BCUT2D eigenvalue weighted by Crippen LogP contribution is 2.38. The molecule has 0 radical (unpaired) electrons. The zero-order chi connectivity index (χ0) is 10.2. The number of hydrogen-bond acceptors (Lipinski definition) is 2. The largest absolute Gasteiger partial charge is 0.289 e. The van der Waals surface area contributed by atoms with Gasteiger partial charge in [0.25, 0.3) is 5.91 Å². The van der Waals surface area contributed by atoms with Crippen molar-refractivity contribution in [3.63, 3.8) is 0 Å². The lowest BCUT2D eigenvalue weighted by Gasteiger charge is -2.22. The van der Waals surface area contributed by atoms with E-state index in [4.69, 9.17) is 5.21 Å². The van der Waals surface area contributed by atoms with E-state index in [2.05, 4.69) is 0 Å². The summed E-state index contributed by atoms with van der Waals surface area (Å²) < 4.78 is 0. The van der Waals surface area contributed by atoms with Crippen molar-refractivity contribution >= 4 is 5.91 Å². The Morgan fingerprint density at radius 2 is 2.21 bits per heavy atom. The Labute approximate surface area is 82.7 Å². The SMILES string of the molecule is C[C@@]1(C(=O)NO)CCc2ccccc21. The van der Waals surface area contributed by atoms with Gasteiger partial charge in [0, 0.05) is 0 Å². The monoisotopic (exact) mass is 191 g/mol. The number of nitrogens with one attached hydrogen (secondary N) is 1. The van der Waals surface area contributed by atoms with Crippen molar-refractivity contribution in [2.75, 3.05) is 0 Å². The van der Waals surface area contributed by atoms with Gasteiger partial charge in [-0.3, -0.25) is 10.0 Å². The minimum Gasteiger partial charge on any atom is -0.289 e. The van der Waals surface area contributed by atoms with E-state index < -0.39 is 5.41 Å². The van der Waals surface area contributed by atoms with Gasteiger partial charge in [-0.05, 0) is 30.9 Å². The molecule has 74 valence electrons.